The highest BCUT2D eigenvalue weighted by Crippen LogP contribution is 2.36. The van der Waals surface area contributed by atoms with E-state index < -0.39 is 16.0 Å². The molecule has 106 valence electrons. The van der Waals surface area contributed by atoms with E-state index in [1.807, 2.05) is 0 Å². The van der Waals surface area contributed by atoms with Gasteiger partial charge in [0.1, 0.15) is 9.77 Å². The monoisotopic (exact) mass is 367 g/mol. The average Bonchev–Trinajstić information content (AvgIpc) is 3.06. The maximum Gasteiger partial charge on any atom is 0.345 e. The number of thiophene rings is 1. The summed E-state index contributed by atoms with van der Waals surface area (Å²) in [6.45, 7) is 2.70. The molecular formula is C11H14BrNO4S2. The molecule has 0 radical (unpaired) electrons. The van der Waals surface area contributed by atoms with Gasteiger partial charge in [0, 0.05) is 13.1 Å². The van der Waals surface area contributed by atoms with E-state index in [0.717, 1.165) is 24.2 Å². The van der Waals surface area contributed by atoms with Crippen molar-refractivity contribution >= 4 is 43.3 Å². The summed E-state index contributed by atoms with van der Waals surface area (Å²) < 4.78 is 26.8. The van der Waals surface area contributed by atoms with Crippen LogP contribution in [0.25, 0.3) is 0 Å². The van der Waals surface area contributed by atoms with E-state index in [9.17, 15) is 13.2 Å². The van der Waals surface area contributed by atoms with Gasteiger partial charge in [0.15, 0.2) is 0 Å². The third-order valence-electron chi connectivity index (χ3n) is 3.00. The first-order chi connectivity index (χ1) is 8.86. The summed E-state index contributed by atoms with van der Waals surface area (Å²) in [7, 11) is -3.62. The Morgan fingerprint density at radius 1 is 1.58 bits per heavy atom. The van der Waals surface area contributed by atoms with Crippen molar-refractivity contribution in [2.45, 2.75) is 24.7 Å². The van der Waals surface area contributed by atoms with E-state index in [0.29, 0.717) is 22.8 Å². The number of carboxylic acid groups (broad SMARTS) is 1. The van der Waals surface area contributed by atoms with Gasteiger partial charge in [-0.1, -0.05) is 6.92 Å². The number of hydrogen-bond donors (Lipinski definition) is 1. The molecule has 0 aliphatic heterocycles. The Kier molecular flexibility index (Phi) is 4.34. The van der Waals surface area contributed by atoms with E-state index in [-0.39, 0.29) is 9.77 Å². The molecule has 0 atom stereocenters. The normalized spacial score (nSPS) is 15.9. The number of nitrogens with zero attached hydrogens (tertiary/aromatic N) is 1. The predicted molar refractivity (Wildman–Crippen MR) is 76.1 cm³/mol. The van der Waals surface area contributed by atoms with Crippen LogP contribution in [0.3, 0.4) is 0 Å². The van der Waals surface area contributed by atoms with Gasteiger partial charge in [0.05, 0.1) is 3.79 Å². The van der Waals surface area contributed by atoms with Gasteiger partial charge in [-0.3, -0.25) is 0 Å². The van der Waals surface area contributed by atoms with Gasteiger partial charge in [-0.05, 0) is 40.8 Å². The Balaban J connectivity index is 2.33. The summed E-state index contributed by atoms with van der Waals surface area (Å²) in [5.41, 5.74) is 0. The third kappa shape index (κ3) is 3.18. The van der Waals surface area contributed by atoms with Crippen LogP contribution in [0.1, 0.15) is 29.4 Å². The van der Waals surface area contributed by atoms with Crippen molar-refractivity contribution < 1.29 is 18.3 Å². The fraction of sp³-hybridized carbons (Fsp3) is 0.545. The van der Waals surface area contributed by atoms with Gasteiger partial charge < -0.3 is 5.11 Å². The van der Waals surface area contributed by atoms with E-state index in [1.54, 1.807) is 6.92 Å². The van der Waals surface area contributed by atoms with Gasteiger partial charge in [-0.25, -0.2) is 13.2 Å². The van der Waals surface area contributed by atoms with E-state index in [4.69, 9.17) is 5.11 Å². The molecule has 1 aliphatic rings. The maximum atomic E-state index is 12.5. The first-order valence-corrected chi connectivity index (χ1v) is 8.94. The lowest BCUT2D eigenvalue weighted by Crippen LogP contribution is -2.32. The Morgan fingerprint density at radius 2 is 2.21 bits per heavy atom. The fourth-order valence-electron chi connectivity index (χ4n) is 1.76. The molecule has 0 spiro atoms. The summed E-state index contributed by atoms with van der Waals surface area (Å²) in [5, 5.41) is 8.92. The zero-order chi connectivity index (χ0) is 14.2. The summed E-state index contributed by atoms with van der Waals surface area (Å²) in [6.07, 6.45) is 2.13. The van der Waals surface area contributed by atoms with E-state index in [2.05, 4.69) is 15.9 Å². The van der Waals surface area contributed by atoms with Crippen LogP contribution in [0, 0.1) is 5.92 Å². The predicted octanol–water partition coefficient (Wildman–Crippen LogP) is 2.63. The molecule has 0 amide bonds. The number of rotatable bonds is 6. The molecule has 19 heavy (non-hydrogen) atoms. The number of aromatic carboxylic acids is 1. The van der Waals surface area contributed by atoms with Gasteiger partial charge in [0.25, 0.3) is 0 Å². The van der Waals surface area contributed by atoms with Gasteiger partial charge in [-0.2, -0.15) is 4.31 Å². The topological polar surface area (TPSA) is 74.7 Å². The highest BCUT2D eigenvalue weighted by atomic mass is 79.9. The quantitative estimate of drug-likeness (QED) is 0.838. The summed E-state index contributed by atoms with van der Waals surface area (Å²) >= 11 is 4.07. The van der Waals surface area contributed by atoms with Crippen molar-refractivity contribution in [1.82, 2.24) is 4.31 Å². The SMILES string of the molecule is CCN(CC1CC1)S(=O)(=O)c1cc(C(=O)O)sc1Br. The van der Waals surface area contributed by atoms with Crippen molar-refractivity contribution in [3.05, 3.63) is 14.7 Å². The number of hydrogen-bond acceptors (Lipinski definition) is 4. The van der Waals surface area contributed by atoms with Gasteiger partial charge in [0.2, 0.25) is 10.0 Å². The minimum atomic E-state index is -3.62. The molecule has 0 aromatic carbocycles. The lowest BCUT2D eigenvalue weighted by atomic mass is 10.4. The Morgan fingerprint density at radius 3 is 2.63 bits per heavy atom. The van der Waals surface area contributed by atoms with Crippen molar-refractivity contribution in [3.63, 3.8) is 0 Å². The third-order valence-corrected chi connectivity index (χ3v) is 7.18. The molecule has 5 nitrogen and oxygen atoms in total. The van der Waals surface area contributed by atoms with Crippen molar-refractivity contribution in [3.8, 4) is 0 Å². The molecule has 1 heterocycles. The highest BCUT2D eigenvalue weighted by molar-refractivity contribution is 9.11. The summed E-state index contributed by atoms with van der Waals surface area (Å²) in [6, 6.07) is 1.22. The van der Waals surface area contributed by atoms with Crippen LogP contribution >= 0.6 is 27.3 Å². The second-order valence-corrected chi connectivity index (χ2v) is 8.73. The lowest BCUT2D eigenvalue weighted by molar-refractivity contribution is 0.0702. The molecule has 1 aromatic heterocycles. The van der Waals surface area contributed by atoms with Crippen LogP contribution in [-0.4, -0.2) is 36.9 Å². The Labute approximate surface area is 124 Å². The fourth-order valence-corrected chi connectivity index (χ4v) is 5.64. The highest BCUT2D eigenvalue weighted by Gasteiger charge is 2.33. The van der Waals surface area contributed by atoms with Gasteiger partial charge in [-0.15, -0.1) is 11.3 Å². The first kappa shape index (κ1) is 15.0. The molecule has 1 saturated carbocycles. The summed E-state index contributed by atoms with van der Waals surface area (Å²) in [5.74, 6) is -0.663. The van der Waals surface area contributed by atoms with Crippen LogP contribution in [-0.2, 0) is 10.0 Å². The number of carbonyl (C=O) groups is 1. The molecule has 1 fully saturated rings. The second-order valence-electron chi connectivity index (χ2n) is 4.45. The molecule has 0 unspecified atom stereocenters. The van der Waals surface area contributed by atoms with Crippen LogP contribution in [0.4, 0.5) is 0 Å². The van der Waals surface area contributed by atoms with Crippen LogP contribution in [0.15, 0.2) is 14.7 Å². The number of halogens is 1. The minimum Gasteiger partial charge on any atom is -0.477 e. The minimum absolute atomic E-state index is 0.0212. The lowest BCUT2D eigenvalue weighted by Gasteiger charge is -2.19. The first-order valence-electron chi connectivity index (χ1n) is 5.89. The van der Waals surface area contributed by atoms with Crippen molar-refractivity contribution in [2.24, 2.45) is 5.92 Å². The molecule has 0 saturated heterocycles. The second kappa shape index (κ2) is 5.51. The van der Waals surface area contributed by atoms with Crippen LogP contribution in [0.2, 0.25) is 0 Å². The Bertz CT molecular complexity index is 592. The van der Waals surface area contributed by atoms with E-state index >= 15 is 0 Å². The molecule has 0 bridgehead atoms. The largest absolute Gasteiger partial charge is 0.477 e. The molecule has 8 heteroatoms. The van der Waals surface area contributed by atoms with Crippen LogP contribution < -0.4 is 0 Å². The molecule has 1 N–H and O–H groups in total. The molecule has 1 aliphatic carbocycles. The average molecular weight is 368 g/mol. The molecular weight excluding hydrogens is 354 g/mol. The van der Waals surface area contributed by atoms with Gasteiger partial charge >= 0.3 is 5.97 Å². The number of carboxylic acids is 1. The van der Waals surface area contributed by atoms with Crippen molar-refractivity contribution in [1.29, 1.82) is 0 Å². The summed E-state index contributed by atoms with van der Waals surface area (Å²) in [4.78, 5) is 11.0. The smallest absolute Gasteiger partial charge is 0.345 e. The number of sulfonamides is 1. The standard InChI is InChI=1S/C11H14BrNO4S2/c1-2-13(6-7-3-4-7)19(16,17)9-5-8(11(14)15)18-10(9)12/h5,7H,2-4,6H2,1H3,(H,14,15). The zero-order valence-electron chi connectivity index (χ0n) is 10.3. The molecule has 2 rings (SSSR count). The van der Waals surface area contributed by atoms with Crippen LogP contribution in [0.5, 0.6) is 0 Å². The zero-order valence-corrected chi connectivity index (χ0v) is 13.5. The maximum absolute atomic E-state index is 12.5. The molecule has 1 aromatic rings. The van der Waals surface area contributed by atoms with Crippen molar-refractivity contribution in [2.75, 3.05) is 13.1 Å². The van der Waals surface area contributed by atoms with E-state index in [1.165, 1.54) is 10.4 Å². The Hall–Kier alpha value is -0.440.